The number of aromatic amines is 2. The Morgan fingerprint density at radius 3 is 2.72 bits per heavy atom. The summed E-state index contributed by atoms with van der Waals surface area (Å²) in [4.78, 5) is 28.8. The van der Waals surface area contributed by atoms with Crippen LogP contribution in [0.15, 0.2) is 27.8 Å². The second-order valence-corrected chi connectivity index (χ2v) is 3.89. The van der Waals surface area contributed by atoms with Crippen molar-refractivity contribution in [3.63, 3.8) is 0 Å². The first-order valence-electron chi connectivity index (χ1n) is 5.21. The molecule has 2 aromatic heterocycles. The van der Waals surface area contributed by atoms with E-state index in [0.717, 1.165) is 5.39 Å². The lowest BCUT2D eigenvalue weighted by Gasteiger charge is -1.98. The fourth-order valence-electron chi connectivity index (χ4n) is 1.97. The molecular formula is C11H10N4O3. The summed E-state index contributed by atoms with van der Waals surface area (Å²) in [5, 5.41) is 0.737. The standard InChI is InChI=1S/C11H10N4O3/c1-18-5-2-3-6-7(4-5)13-9-8(6)14-11(17)15(12)10(9)16/h2-4,13H,12H2,1H3,(H,14,17). The minimum Gasteiger partial charge on any atom is -0.497 e. The third-order valence-corrected chi connectivity index (χ3v) is 2.89. The first kappa shape index (κ1) is 10.5. The molecule has 0 saturated carbocycles. The summed E-state index contributed by atoms with van der Waals surface area (Å²) in [5.41, 5.74) is 0.196. The number of hydrogen-bond donors (Lipinski definition) is 3. The van der Waals surface area contributed by atoms with Gasteiger partial charge in [-0.25, -0.2) is 4.79 Å². The van der Waals surface area contributed by atoms with Crippen molar-refractivity contribution in [3.05, 3.63) is 39.0 Å². The quantitative estimate of drug-likeness (QED) is 0.521. The van der Waals surface area contributed by atoms with Crippen molar-refractivity contribution in [1.82, 2.24) is 14.6 Å². The Bertz CT molecular complexity index is 871. The zero-order chi connectivity index (χ0) is 12.9. The summed E-state index contributed by atoms with van der Waals surface area (Å²) in [7, 11) is 1.55. The van der Waals surface area contributed by atoms with Gasteiger partial charge in [-0.2, -0.15) is 4.68 Å². The number of H-pyrrole nitrogens is 2. The third kappa shape index (κ3) is 1.24. The predicted molar refractivity (Wildman–Crippen MR) is 67.4 cm³/mol. The van der Waals surface area contributed by atoms with Crippen LogP contribution in [0.3, 0.4) is 0 Å². The first-order valence-corrected chi connectivity index (χ1v) is 5.21. The Morgan fingerprint density at radius 1 is 1.22 bits per heavy atom. The van der Waals surface area contributed by atoms with Crippen molar-refractivity contribution in [1.29, 1.82) is 0 Å². The highest BCUT2D eigenvalue weighted by Gasteiger charge is 2.11. The fourth-order valence-corrected chi connectivity index (χ4v) is 1.97. The van der Waals surface area contributed by atoms with Crippen molar-refractivity contribution in [2.24, 2.45) is 0 Å². The Morgan fingerprint density at radius 2 is 2.00 bits per heavy atom. The van der Waals surface area contributed by atoms with Gasteiger partial charge in [-0.3, -0.25) is 4.79 Å². The van der Waals surface area contributed by atoms with Crippen LogP contribution in [0.1, 0.15) is 0 Å². The lowest BCUT2D eigenvalue weighted by Crippen LogP contribution is -2.40. The van der Waals surface area contributed by atoms with E-state index in [0.29, 0.717) is 21.5 Å². The summed E-state index contributed by atoms with van der Waals surface area (Å²) < 4.78 is 5.63. The maximum atomic E-state index is 11.8. The lowest BCUT2D eigenvalue weighted by molar-refractivity contribution is 0.415. The lowest BCUT2D eigenvalue weighted by atomic mass is 10.2. The Hall–Kier alpha value is -2.70. The summed E-state index contributed by atoms with van der Waals surface area (Å²) >= 11 is 0. The first-order chi connectivity index (χ1) is 8.61. The summed E-state index contributed by atoms with van der Waals surface area (Å²) in [5.74, 6) is 6.00. The predicted octanol–water partition coefficient (Wildman–Crippen LogP) is -0.107. The highest BCUT2D eigenvalue weighted by Crippen LogP contribution is 2.24. The van der Waals surface area contributed by atoms with E-state index in [-0.39, 0.29) is 5.52 Å². The van der Waals surface area contributed by atoms with Gasteiger partial charge < -0.3 is 20.5 Å². The van der Waals surface area contributed by atoms with Crippen molar-refractivity contribution in [2.45, 2.75) is 0 Å². The Labute approximate surface area is 99.8 Å². The number of nitrogens with zero attached hydrogens (tertiary/aromatic N) is 1. The molecule has 4 N–H and O–H groups in total. The van der Waals surface area contributed by atoms with E-state index in [1.165, 1.54) is 0 Å². The smallest absolute Gasteiger partial charge is 0.347 e. The summed E-state index contributed by atoms with van der Waals surface area (Å²) in [6.07, 6.45) is 0. The van der Waals surface area contributed by atoms with E-state index in [1.54, 1.807) is 25.3 Å². The van der Waals surface area contributed by atoms with Crippen LogP contribution in [0.4, 0.5) is 0 Å². The molecule has 0 unspecified atom stereocenters. The highest BCUT2D eigenvalue weighted by molar-refractivity contribution is 6.04. The van der Waals surface area contributed by atoms with E-state index in [4.69, 9.17) is 10.6 Å². The molecule has 3 rings (SSSR count). The zero-order valence-electron chi connectivity index (χ0n) is 9.48. The van der Waals surface area contributed by atoms with E-state index in [1.807, 2.05) is 0 Å². The minimum absolute atomic E-state index is 0.264. The maximum absolute atomic E-state index is 11.8. The molecule has 0 atom stereocenters. The van der Waals surface area contributed by atoms with E-state index >= 15 is 0 Å². The molecule has 3 aromatic rings. The van der Waals surface area contributed by atoms with Crippen molar-refractivity contribution in [3.8, 4) is 5.75 Å². The van der Waals surface area contributed by atoms with E-state index < -0.39 is 11.2 Å². The van der Waals surface area contributed by atoms with Gasteiger partial charge in [0.25, 0.3) is 5.56 Å². The molecule has 0 aliphatic carbocycles. The molecule has 0 saturated heterocycles. The number of aromatic nitrogens is 3. The van der Waals surface area contributed by atoms with Crippen LogP contribution in [-0.4, -0.2) is 21.8 Å². The Balaban J connectivity index is 2.55. The van der Waals surface area contributed by atoms with Crippen LogP contribution in [0.25, 0.3) is 21.9 Å². The van der Waals surface area contributed by atoms with E-state index in [2.05, 4.69) is 9.97 Å². The molecule has 0 amide bonds. The van der Waals surface area contributed by atoms with Gasteiger partial charge in [0.2, 0.25) is 0 Å². The number of benzene rings is 1. The number of rotatable bonds is 1. The number of ether oxygens (including phenoxy) is 1. The van der Waals surface area contributed by atoms with E-state index in [9.17, 15) is 9.59 Å². The van der Waals surface area contributed by atoms with Crippen molar-refractivity contribution < 1.29 is 4.74 Å². The molecule has 18 heavy (non-hydrogen) atoms. The normalized spacial score (nSPS) is 11.2. The number of nitrogen functional groups attached to an aromatic ring is 1. The van der Waals surface area contributed by atoms with Gasteiger partial charge in [-0.15, -0.1) is 0 Å². The summed E-state index contributed by atoms with van der Waals surface area (Å²) in [6, 6.07) is 5.26. The topological polar surface area (TPSA) is 106 Å². The molecule has 1 aromatic carbocycles. The van der Waals surface area contributed by atoms with Crippen LogP contribution in [-0.2, 0) is 0 Å². The molecule has 7 heteroatoms. The number of hydrogen-bond acceptors (Lipinski definition) is 4. The molecule has 0 fully saturated rings. The minimum atomic E-state index is -0.649. The van der Waals surface area contributed by atoms with Crippen molar-refractivity contribution in [2.75, 3.05) is 13.0 Å². The molecule has 0 bridgehead atoms. The molecule has 2 heterocycles. The van der Waals surface area contributed by atoms with Gasteiger partial charge in [0.1, 0.15) is 11.3 Å². The van der Waals surface area contributed by atoms with Gasteiger partial charge in [0.15, 0.2) is 0 Å². The SMILES string of the molecule is COc1ccc2c(c1)[nH]c1c(=O)n(N)c(=O)[nH]c12. The van der Waals surface area contributed by atoms with Crippen LogP contribution in [0, 0.1) is 0 Å². The second-order valence-electron chi connectivity index (χ2n) is 3.89. The summed E-state index contributed by atoms with van der Waals surface area (Å²) in [6.45, 7) is 0. The number of fused-ring (bicyclic) bond motifs is 3. The number of methoxy groups -OCH3 is 1. The molecule has 0 aliphatic rings. The highest BCUT2D eigenvalue weighted by atomic mass is 16.5. The average molecular weight is 246 g/mol. The maximum Gasteiger partial charge on any atom is 0.347 e. The monoisotopic (exact) mass is 246 g/mol. The molecule has 0 aliphatic heterocycles. The van der Waals surface area contributed by atoms with Crippen molar-refractivity contribution >= 4 is 21.9 Å². The van der Waals surface area contributed by atoms with Gasteiger partial charge >= 0.3 is 5.69 Å². The number of nitrogens with one attached hydrogen (secondary N) is 2. The van der Waals surface area contributed by atoms with Gasteiger partial charge in [-0.05, 0) is 12.1 Å². The molecule has 7 nitrogen and oxygen atoms in total. The fraction of sp³-hybridized carbons (Fsp3) is 0.0909. The Kier molecular flexibility index (Phi) is 1.97. The zero-order valence-corrected chi connectivity index (χ0v) is 9.48. The van der Waals surface area contributed by atoms with Crippen LogP contribution >= 0.6 is 0 Å². The number of nitrogens with two attached hydrogens (primary N) is 1. The molecule has 0 radical (unpaired) electrons. The van der Waals surface area contributed by atoms with Gasteiger partial charge in [0, 0.05) is 11.5 Å². The van der Waals surface area contributed by atoms with Crippen LogP contribution in [0.2, 0.25) is 0 Å². The molecular weight excluding hydrogens is 236 g/mol. The van der Waals surface area contributed by atoms with Crippen LogP contribution < -0.4 is 21.8 Å². The molecule has 92 valence electrons. The second kappa shape index (κ2) is 3.39. The molecule has 0 spiro atoms. The third-order valence-electron chi connectivity index (χ3n) is 2.89. The largest absolute Gasteiger partial charge is 0.497 e. The van der Waals surface area contributed by atoms with Gasteiger partial charge in [0.05, 0.1) is 18.1 Å². The average Bonchev–Trinajstić information content (AvgIpc) is 2.74. The van der Waals surface area contributed by atoms with Gasteiger partial charge in [-0.1, -0.05) is 0 Å². The van der Waals surface area contributed by atoms with Crippen LogP contribution in [0.5, 0.6) is 5.75 Å².